The molecule has 0 atom stereocenters. The van der Waals surface area contributed by atoms with Crippen molar-refractivity contribution < 1.29 is 251 Å². The molecule has 0 fully saturated rings. The number of likely N-dealkylation sites (N-methyl/N-ethyl adjacent to an activating group) is 1. The fourth-order valence-corrected chi connectivity index (χ4v) is 2.37. The average molecular weight is 1590 g/mol. The number of ether oxygens (including phenoxy) is 1. The SMILES string of the molecule is CN=C(N)N(C)CC(=O)CC[C-]1CCc2[c-]c(O)c(C)[c-]c2O1.[W].[W].[W].[W].[W].[Y].[Y].[Y].[Y]. The van der Waals surface area contributed by atoms with Gasteiger partial charge in [0, 0.05) is 250 Å². The van der Waals surface area contributed by atoms with Crippen molar-refractivity contribution in [1.29, 1.82) is 0 Å². The Labute approximate surface area is 364 Å². The number of carbonyl (C=O) groups is 1. The largest absolute Gasteiger partial charge is 0.732 e. The summed E-state index contributed by atoms with van der Waals surface area (Å²) in [4.78, 5) is 17.5. The van der Waals surface area contributed by atoms with Crippen molar-refractivity contribution in [2.24, 2.45) is 10.7 Å². The van der Waals surface area contributed by atoms with Gasteiger partial charge in [0.2, 0.25) is 0 Å². The van der Waals surface area contributed by atoms with Crippen LogP contribution in [0, 0.1) is 25.2 Å². The van der Waals surface area contributed by atoms with Gasteiger partial charge < -0.3 is 20.5 Å². The Balaban J connectivity index is -0.000000107. The van der Waals surface area contributed by atoms with Crippen molar-refractivity contribution in [3.05, 3.63) is 29.4 Å². The Morgan fingerprint density at radius 1 is 1.16 bits per heavy atom. The Hall–Kier alpha value is 5.62. The van der Waals surface area contributed by atoms with E-state index in [9.17, 15) is 9.90 Å². The number of Topliss-reactive ketones (excluding diaryl/α,β-unsaturated/α-hetero) is 1. The number of benzene rings is 1. The zero-order valence-corrected chi connectivity index (χ0v) is 44.1. The molecule has 0 amide bonds. The van der Waals surface area contributed by atoms with Crippen molar-refractivity contribution in [1.82, 2.24) is 4.90 Å². The molecule has 32 heavy (non-hydrogen) atoms. The van der Waals surface area contributed by atoms with E-state index >= 15 is 0 Å². The van der Waals surface area contributed by atoms with E-state index in [1.165, 1.54) is 0 Å². The quantitative estimate of drug-likeness (QED) is 0.265. The van der Waals surface area contributed by atoms with Crippen molar-refractivity contribution in [2.75, 3.05) is 20.6 Å². The number of phenols is 1. The van der Waals surface area contributed by atoms with Gasteiger partial charge in [-0.2, -0.15) is 12.5 Å². The first-order chi connectivity index (χ1) is 10.9. The first-order valence-corrected chi connectivity index (χ1v) is 7.55. The number of aromatic hydroxyl groups is 1. The number of nitrogens with zero attached hydrogens (tertiary/aromatic N) is 2. The number of nitrogens with two attached hydrogens (primary N) is 1. The molecule has 4 radical (unpaired) electrons. The van der Waals surface area contributed by atoms with Gasteiger partial charge in [-0.1, -0.05) is 0 Å². The molecule has 0 unspecified atom stereocenters. The summed E-state index contributed by atoms with van der Waals surface area (Å²) in [7, 11) is 3.33. The van der Waals surface area contributed by atoms with Gasteiger partial charge in [0.1, 0.15) is 5.78 Å². The van der Waals surface area contributed by atoms with Crippen molar-refractivity contribution in [2.45, 2.75) is 32.6 Å². The summed E-state index contributed by atoms with van der Waals surface area (Å²) in [6, 6.07) is 5.93. The van der Waals surface area contributed by atoms with E-state index in [0.717, 1.165) is 24.5 Å². The molecule has 15 heteroatoms. The number of phenolic OH excluding ortho intramolecular Hbond substituents is 1. The van der Waals surface area contributed by atoms with Crippen LogP contribution < -0.4 is 10.5 Å². The Kier molecular flexibility index (Phi) is 56.0. The first-order valence-electron chi connectivity index (χ1n) is 7.55. The van der Waals surface area contributed by atoms with Crippen LogP contribution in [0.15, 0.2) is 4.99 Å². The van der Waals surface area contributed by atoms with Gasteiger partial charge in [-0.05, 0) is 6.42 Å². The van der Waals surface area contributed by atoms with E-state index in [0.29, 0.717) is 30.1 Å². The van der Waals surface area contributed by atoms with Crippen LogP contribution in [-0.4, -0.2) is 42.4 Å². The number of fused-ring (bicyclic) bond motifs is 1. The van der Waals surface area contributed by atoms with Gasteiger partial charge in [0.25, 0.3) is 0 Å². The average Bonchev–Trinajstić information content (AvgIpc) is 2.53. The van der Waals surface area contributed by atoms with E-state index in [1.807, 2.05) is 0 Å². The summed E-state index contributed by atoms with van der Waals surface area (Å²) >= 11 is 0. The normalized spacial score (nSPS) is 10.8. The van der Waals surface area contributed by atoms with E-state index in [1.54, 1.807) is 25.9 Å². The topological polar surface area (TPSA) is 88.2 Å². The molecule has 0 bridgehead atoms. The van der Waals surface area contributed by atoms with E-state index in [2.05, 4.69) is 17.1 Å². The molecule has 0 saturated carbocycles. The second kappa shape index (κ2) is 31.1. The summed E-state index contributed by atoms with van der Waals surface area (Å²) in [5.74, 6) is 1.14. The predicted molar refractivity (Wildman–Crippen MR) is 87.1 cm³/mol. The molecule has 0 aliphatic carbocycles. The fraction of sp³-hybridized carbons (Fsp3) is 0.471. The zero-order chi connectivity index (χ0) is 17.0. The summed E-state index contributed by atoms with van der Waals surface area (Å²) in [6.45, 7) is 1.99. The molecule has 0 saturated heterocycles. The Morgan fingerprint density at radius 2 is 1.69 bits per heavy atom. The predicted octanol–water partition coefficient (Wildman–Crippen LogP) is 1.36. The van der Waals surface area contributed by atoms with E-state index < -0.39 is 0 Å². The molecule has 1 heterocycles. The van der Waals surface area contributed by atoms with Gasteiger partial charge in [-0.15, -0.1) is 31.3 Å². The van der Waals surface area contributed by atoms with Crippen LogP contribution in [0.4, 0.5) is 0 Å². The number of hydrogen-bond donors (Lipinski definition) is 2. The van der Waals surface area contributed by atoms with Crippen LogP contribution >= 0.6 is 0 Å². The second-order valence-corrected chi connectivity index (χ2v) is 5.65. The van der Waals surface area contributed by atoms with Crippen LogP contribution in [0.25, 0.3) is 0 Å². The number of aliphatic imine (C=N–C) groups is 1. The van der Waals surface area contributed by atoms with Gasteiger partial charge in [0.05, 0.1) is 6.54 Å². The maximum atomic E-state index is 12.0. The van der Waals surface area contributed by atoms with Crippen LogP contribution in [0.2, 0.25) is 0 Å². The van der Waals surface area contributed by atoms with E-state index in [4.69, 9.17) is 10.5 Å². The molecule has 0 spiro atoms. The fourth-order valence-electron chi connectivity index (χ4n) is 2.37. The zero-order valence-electron chi connectivity index (χ0n) is 18.1. The van der Waals surface area contributed by atoms with E-state index in [-0.39, 0.29) is 254 Å². The van der Waals surface area contributed by atoms with Gasteiger partial charge in [0.15, 0.2) is 5.96 Å². The van der Waals surface area contributed by atoms with Gasteiger partial charge in [-0.3, -0.25) is 21.9 Å². The number of aryl methyl sites for hydroxylation is 2. The second-order valence-electron chi connectivity index (χ2n) is 5.65. The van der Waals surface area contributed by atoms with Gasteiger partial charge >= 0.3 is 0 Å². The minimum atomic E-state index is 0. The first kappa shape index (κ1) is 57.5. The molecular formula is C17H22N3O3W5Y4-3. The maximum absolute atomic E-state index is 12.0. The number of rotatable bonds is 5. The molecule has 168 valence electrons. The third-order valence-electron chi connectivity index (χ3n) is 3.82. The molecule has 1 aromatic carbocycles. The molecule has 6 nitrogen and oxygen atoms in total. The van der Waals surface area contributed by atoms with Crippen LogP contribution in [0.3, 0.4) is 0 Å². The third-order valence-corrected chi connectivity index (χ3v) is 3.82. The summed E-state index contributed by atoms with van der Waals surface area (Å²) in [5, 5.41) is 9.65. The minimum absolute atomic E-state index is 0. The molecular weight excluding hydrogens is 1570 g/mol. The number of carbonyl (C=O) groups excluding carboxylic acids is 1. The van der Waals surface area contributed by atoms with Crippen molar-refractivity contribution in [3.8, 4) is 11.5 Å². The maximum Gasteiger partial charge on any atom is 0.191 e. The van der Waals surface area contributed by atoms with Gasteiger partial charge in [-0.25, -0.2) is 11.1 Å². The number of hydrogen-bond acceptors (Lipinski definition) is 4. The molecule has 3 N–H and O–H groups in total. The smallest absolute Gasteiger partial charge is 0.191 e. The standard InChI is InChI=1S/C17H22N3O3.5W.4Y/c1-11-8-16-12(9-15(11)22)4-6-14(23-16)7-5-13(21)10-20(3)17(18)19-2;;;;;;;;;/h22H,4-7,10H2,1-3H3,(H2,18,19);;;;;;;;;/q-3;;;;;;;;;. The molecule has 0 aromatic heterocycles. The minimum Gasteiger partial charge on any atom is -0.732 e. The van der Waals surface area contributed by atoms with Crippen molar-refractivity contribution >= 4 is 11.7 Å². The summed E-state index contributed by atoms with van der Waals surface area (Å²) in [6.07, 6.45) is 3.29. The molecule has 1 aromatic rings. The Bertz CT molecular complexity index is 650. The van der Waals surface area contributed by atoms with Crippen LogP contribution in [0.5, 0.6) is 11.5 Å². The molecule has 1 aliphatic rings. The molecule has 1 aliphatic heterocycles. The summed E-state index contributed by atoms with van der Waals surface area (Å²) in [5.41, 5.74) is 7.09. The Morgan fingerprint density at radius 3 is 2.19 bits per heavy atom. The van der Waals surface area contributed by atoms with Crippen molar-refractivity contribution in [3.63, 3.8) is 0 Å². The molecule has 2 rings (SSSR count). The number of guanidine groups is 1. The summed E-state index contributed by atoms with van der Waals surface area (Å²) < 4.78 is 5.80. The third kappa shape index (κ3) is 20.5. The van der Waals surface area contributed by atoms with Crippen LogP contribution in [0.1, 0.15) is 30.4 Å². The number of ketones is 1. The monoisotopic (exact) mass is 1590 g/mol. The van der Waals surface area contributed by atoms with Crippen LogP contribution in [-0.2, 0) is 247 Å².